The summed E-state index contributed by atoms with van der Waals surface area (Å²) in [5.74, 6) is 1.01. The molecule has 1 aromatic rings. The number of hydrogen-bond acceptors (Lipinski definition) is 1. The van der Waals surface area contributed by atoms with Gasteiger partial charge < -0.3 is 0 Å². The summed E-state index contributed by atoms with van der Waals surface area (Å²) in [7, 11) is 0. The standard InChI is InChI=1S/C13H14ClN/c1-10(2)13(8-14)7-11-3-5-12(9-15)6-4-11/h3-7,10H,8H2,1-2H3. The Morgan fingerprint density at radius 2 is 2.00 bits per heavy atom. The highest BCUT2D eigenvalue weighted by Gasteiger charge is 2.01. The quantitative estimate of drug-likeness (QED) is 0.709. The molecule has 1 aromatic carbocycles. The molecular formula is C13H14ClN. The molecule has 2 heteroatoms. The second-order valence-electron chi connectivity index (χ2n) is 3.74. The largest absolute Gasteiger partial charge is 0.192 e. The second kappa shape index (κ2) is 5.58. The molecule has 0 fully saturated rings. The maximum absolute atomic E-state index is 8.66. The molecular weight excluding hydrogens is 206 g/mol. The summed E-state index contributed by atoms with van der Waals surface area (Å²) in [6.45, 7) is 4.25. The minimum Gasteiger partial charge on any atom is -0.192 e. The van der Waals surface area contributed by atoms with Gasteiger partial charge in [-0.3, -0.25) is 0 Å². The average Bonchev–Trinajstić information content (AvgIpc) is 2.26. The van der Waals surface area contributed by atoms with Gasteiger partial charge in [0.05, 0.1) is 11.6 Å². The molecule has 0 bridgehead atoms. The first-order valence-corrected chi connectivity index (χ1v) is 5.47. The Hall–Kier alpha value is -1.26. The van der Waals surface area contributed by atoms with Crippen LogP contribution in [-0.4, -0.2) is 5.88 Å². The lowest BCUT2D eigenvalue weighted by atomic mass is 10.0. The Morgan fingerprint density at radius 1 is 1.40 bits per heavy atom. The minimum absolute atomic E-state index is 0.457. The van der Waals surface area contributed by atoms with Crippen molar-refractivity contribution in [2.75, 3.05) is 5.88 Å². The van der Waals surface area contributed by atoms with Crippen molar-refractivity contribution in [3.05, 3.63) is 41.0 Å². The number of rotatable bonds is 3. The van der Waals surface area contributed by atoms with E-state index >= 15 is 0 Å². The van der Waals surface area contributed by atoms with E-state index in [4.69, 9.17) is 16.9 Å². The van der Waals surface area contributed by atoms with E-state index in [0.717, 1.165) is 5.56 Å². The van der Waals surface area contributed by atoms with Crippen LogP contribution in [0.2, 0.25) is 0 Å². The van der Waals surface area contributed by atoms with Crippen LogP contribution in [0, 0.1) is 17.2 Å². The van der Waals surface area contributed by atoms with E-state index in [9.17, 15) is 0 Å². The van der Waals surface area contributed by atoms with Crippen LogP contribution in [0.3, 0.4) is 0 Å². The van der Waals surface area contributed by atoms with Gasteiger partial charge in [0.25, 0.3) is 0 Å². The lowest BCUT2D eigenvalue weighted by molar-refractivity contribution is 0.778. The number of nitriles is 1. The second-order valence-corrected chi connectivity index (χ2v) is 4.01. The van der Waals surface area contributed by atoms with Gasteiger partial charge in [0.1, 0.15) is 0 Å². The van der Waals surface area contributed by atoms with Gasteiger partial charge in [-0.05, 0) is 23.6 Å². The van der Waals surface area contributed by atoms with Crippen LogP contribution in [0.15, 0.2) is 29.8 Å². The normalized spacial score (nSPS) is 11.5. The summed E-state index contributed by atoms with van der Waals surface area (Å²) in [6, 6.07) is 9.61. The van der Waals surface area contributed by atoms with Crippen molar-refractivity contribution >= 4 is 17.7 Å². The molecule has 0 radical (unpaired) electrons. The smallest absolute Gasteiger partial charge is 0.0991 e. The minimum atomic E-state index is 0.457. The fraction of sp³-hybridized carbons (Fsp3) is 0.308. The van der Waals surface area contributed by atoms with Gasteiger partial charge in [0, 0.05) is 5.88 Å². The first kappa shape index (κ1) is 11.8. The van der Waals surface area contributed by atoms with Crippen molar-refractivity contribution < 1.29 is 0 Å². The molecule has 0 aliphatic rings. The lowest BCUT2D eigenvalue weighted by Crippen LogP contribution is -1.95. The monoisotopic (exact) mass is 219 g/mol. The Bertz CT molecular complexity index is 382. The fourth-order valence-corrected chi connectivity index (χ4v) is 1.61. The SMILES string of the molecule is CC(C)C(=Cc1ccc(C#N)cc1)CCl. The summed E-state index contributed by atoms with van der Waals surface area (Å²) in [5.41, 5.74) is 2.99. The zero-order chi connectivity index (χ0) is 11.3. The number of allylic oxidation sites excluding steroid dienone is 1. The van der Waals surface area contributed by atoms with Gasteiger partial charge in [-0.2, -0.15) is 5.26 Å². The van der Waals surface area contributed by atoms with E-state index in [0.29, 0.717) is 17.4 Å². The number of hydrogen-bond donors (Lipinski definition) is 0. The highest BCUT2D eigenvalue weighted by molar-refractivity contribution is 6.19. The van der Waals surface area contributed by atoms with Gasteiger partial charge >= 0.3 is 0 Å². The average molecular weight is 220 g/mol. The Balaban J connectivity index is 2.93. The third-order valence-electron chi connectivity index (χ3n) is 2.29. The number of alkyl halides is 1. The van der Waals surface area contributed by atoms with Crippen molar-refractivity contribution in [2.24, 2.45) is 5.92 Å². The number of nitrogens with zero attached hydrogens (tertiary/aromatic N) is 1. The van der Waals surface area contributed by atoms with E-state index in [1.165, 1.54) is 5.57 Å². The van der Waals surface area contributed by atoms with Crippen LogP contribution < -0.4 is 0 Å². The molecule has 15 heavy (non-hydrogen) atoms. The highest BCUT2D eigenvalue weighted by Crippen LogP contribution is 2.16. The van der Waals surface area contributed by atoms with Crippen molar-refractivity contribution in [1.29, 1.82) is 5.26 Å². The van der Waals surface area contributed by atoms with E-state index in [2.05, 4.69) is 26.0 Å². The molecule has 0 N–H and O–H groups in total. The van der Waals surface area contributed by atoms with Crippen LogP contribution in [0.25, 0.3) is 6.08 Å². The van der Waals surface area contributed by atoms with Crippen LogP contribution in [0.4, 0.5) is 0 Å². The van der Waals surface area contributed by atoms with E-state index < -0.39 is 0 Å². The van der Waals surface area contributed by atoms with E-state index in [-0.39, 0.29) is 0 Å². The Labute approximate surface area is 96.0 Å². The molecule has 1 nitrogen and oxygen atoms in total. The Morgan fingerprint density at radius 3 is 2.40 bits per heavy atom. The first-order chi connectivity index (χ1) is 7.17. The van der Waals surface area contributed by atoms with Crippen LogP contribution in [-0.2, 0) is 0 Å². The summed E-state index contributed by atoms with van der Waals surface area (Å²) in [6.07, 6.45) is 2.08. The molecule has 0 atom stereocenters. The third kappa shape index (κ3) is 3.42. The summed E-state index contributed by atoms with van der Waals surface area (Å²) < 4.78 is 0. The van der Waals surface area contributed by atoms with Crippen LogP contribution >= 0.6 is 11.6 Å². The molecule has 0 saturated heterocycles. The van der Waals surface area contributed by atoms with Gasteiger partial charge in [0.15, 0.2) is 0 Å². The summed E-state index contributed by atoms with van der Waals surface area (Å²) in [5, 5.41) is 8.66. The lowest BCUT2D eigenvalue weighted by Gasteiger charge is -2.07. The van der Waals surface area contributed by atoms with E-state index in [1.54, 1.807) is 0 Å². The van der Waals surface area contributed by atoms with Crippen LogP contribution in [0.5, 0.6) is 0 Å². The van der Waals surface area contributed by atoms with E-state index in [1.807, 2.05) is 24.3 Å². The molecule has 0 aromatic heterocycles. The van der Waals surface area contributed by atoms with Gasteiger partial charge in [-0.25, -0.2) is 0 Å². The topological polar surface area (TPSA) is 23.8 Å². The summed E-state index contributed by atoms with van der Waals surface area (Å²) >= 11 is 5.85. The molecule has 0 aliphatic carbocycles. The summed E-state index contributed by atoms with van der Waals surface area (Å²) in [4.78, 5) is 0. The fourth-order valence-electron chi connectivity index (χ4n) is 1.23. The number of benzene rings is 1. The Kier molecular flexibility index (Phi) is 4.39. The zero-order valence-corrected chi connectivity index (χ0v) is 9.75. The molecule has 0 amide bonds. The van der Waals surface area contributed by atoms with Crippen molar-refractivity contribution in [3.8, 4) is 6.07 Å². The molecule has 78 valence electrons. The zero-order valence-electron chi connectivity index (χ0n) is 9.00. The van der Waals surface area contributed by atoms with Crippen molar-refractivity contribution in [1.82, 2.24) is 0 Å². The first-order valence-electron chi connectivity index (χ1n) is 4.94. The molecule has 0 saturated carbocycles. The molecule has 0 aliphatic heterocycles. The number of halogens is 1. The molecule has 1 rings (SSSR count). The maximum atomic E-state index is 8.66. The predicted octanol–water partition coefficient (Wildman–Crippen LogP) is 3.84. The molecule has 0 spiro atoms. The van der Waals surface area contributed by atoms with Crippen molar-refractivity contribution in [3.63, 3.8) is 0 Å². The predicted molar refractivity (Wildman–Crippen MR) is 64.7 cm³/mol. The van der Waals surface area contributed by atoms with Gasteiger partial charge in [-0.1, -0.05) is 37.6 Å². The molecule has 0 unspecified atom stereocenters. The highest BCUT2D eigenvalue weighted by atomic mass is 35.5. The van der Waals surface area contributed by atoms with Gasteiger partial charge in [0.2, 0.25) is 0 Å². The molecule has 0 heterocycles. The third-order valence-corrected chi connectivity index (χ3v) is 2.60. The maximum Gasteiger partial charge on any atom is 0.0991 e. The van der Waals surface area contributed by atoms with Gasteiger partial charge in [-0.15, -0.1) is 11.6 Å². The van der Waals surface area contributed by atoms with Crippen molar-refractivity contribution in [2.45, 2.75) is 13.8 Å². The van der Waals surface area contributed by atoms with Crippen LogP contribution in [0.1, 0.15) is 25.0 Å².